The predicted molar refractivity (Wildman–Crippen MR) is 176 cm³/mol. The summed E-state index contributed by atoms with van der Waals surface area (Å²) in [6, 6.07) is 16.0. The summed E-state index contributed by atoms with van der Waals surface area (Å²) in [7, 11) is 1.65. The summed E-state index contributed by atoms with van der Waals surface area (Å²) >= 11 is 6.60. The van der Waals surface area contributed by atoms with Gasteiger partial charge in [-0.05, 0) is 50.6 Å². The predicted octanol–water partition coefficient (Wildman–Crippen LogP) is 4.11. The Hall–Kier alpha value is -3.47. The summed E-state index contributed by atoms with van der Waals surface area (Å²) in [6.07, 6.45) is 3.64. The van der Waals surface area contributed by atoms with Crippen LogP contribution in [0.2, 0.25) is 5.02 Å². The van der Waals surface area contributed by atoms with Gasteiger partial charge in [-0.25, -0.2) is 4.68 Å². The van der Waals surface area contributed by atoms with Crippen LogP contribution < -0.4 is 29.6 Å². The first-order valence-electron chi connectivity index (χ1n) is 15.7. The van der Waals surface area contributed by atoms with Gasteiger partial charge in [-0.2, -0.15) is 5.10 Å². The quantitative estimate of drug-likeness (QED) is 0.246. The molecular weight excluding hydrogens is 580 g/mol. The zero-order valence-corrected chi connectivity index (χ0v) is 26.8. The van der Waals surface area contributed by atoms with E-state index in [0.29, 0.717) is 19.8 Å². The zero-order valence-electron chi connectivity index (χ0n) is 26.0. The highest BCUT2D eigenvalue weighted by atomic mass is 35.5. The molecule has 2 saturated heterocycles. The Kier molecular flexibility index (Phi) is 11.6. The number of hydrogen-bond acceptors (Lipinski definition) is 9. The van der Waals surface area contributed by atoms with Gasteiger partial charge in [0.05, 0.1) is 31.3 Å². The van der Waals surface area contributed by atoms with Crippen LogP contribution >= 0.6 is 11.6 Å². The van der Waals surface area contributed by atoms with Gasteiger partial charge in [-0.15, -0.1) is 0 Å². The van der Waals surface area contributed by atoms with Crippen LogP contribution in [-0.2, 0) is 6.54 Å². The molecule has 0 atom stereocenters. The van der Waals surface area contributed by atoms with Crippen LogP contribution in [0.25, 0.3) is 0 Å². The van der Waals surface area contributed by atoms with E-state index in [9.17, 15) is 4.79 Å². The second-order valence-electron chi connectivity index (χ2n) is 11.1. The van der Waals surface area contributed by atoms with Crippen molar-refractivity contribution in [3.8, 4) is 17.2 Å². The molecule has 0 bridgehead atoms. The highest BCUT2D eigenvalue weighted by Crippen LogP contribution is 2.29. The van der Waals surface area contributed by atoms with Gasteiger partial charge < -0.3 is 24.0 Å². The van der Waals surface area contributed by atoms with Crippen molar-refractivity contribution in [3.63, 3.8) is 0 Å². The van der Waals surface area contributed by atoms with Crippen LogP contribution in [-0.4, -0.2) is 105 Å². The number of aryl methyl sites for hydroxylation is 1. The van der Waals surface area contributed by atoms with Gasteiger partial charge in [0.2, 0.25) is 0 Å². The fourth-order valence-corrected chi connectivity index (χ4v) is 6.14. The molecule has 11 heteroatoms. The monoisotopic (exact) mass is 624 g/mol. The largest absolute Gasteiger partial charge is 0.493 e. The van der Waals surface area contributed by atoms with Crippen molar-refractivity contribution in [1.82, 2.24) is 19.6 Å². The van der Waals surface area contributed by atoms with E-state index in [2.05, 4.69) is 36.8 Å². The molecular formula is C33H45ClN6O4. The molecule has 10 nitrogen and oxygen atoms in total. The highest BCUT2D eigenvalue weighted by Gasteiger charge is 2.22. The van der Waals surface area contributed by atoms with E-state index in [4.69, 9.17) is 25.8 Å². The van der Waals surface area contributed by atoms with Gasteiger partial charge in [0.15, 0.2) is 11.5 Å². The molecule has 44 heavy (non-hydrogen) atoms. The average Bonchev–Trinajstić information content (AvgIpc) is 3.06. The van der Waals surface area contributed by atoms with Crippen molar-refractivity contribution < 1.29 is 14.2 Å². The van der Waals surface area contributed by atoms with Gasteiger partial charge in [0.1, 0.15) is 17.4 Å². The Morgan fingerprint density at radius 2 is 1.32 bits per heavy atom. The van der Waals surface area contributed by atoms with Crippen molar-refractivity contribution >= 4 is 23.0 Å². The zero-order chi connectivity index (χ0) is 30.7. The minimum atomic E-state index is -0.210. The second kappa shape index (κ2) is 16.0. The van der Waals surface area contributed by atoms with Crippen LogP contribution in [0.5, 0.6) is 17.2 Å². The molecule has 3 heterocycles. The third-order valence-corrected chi connectivity index (χ3v) is 8.74. The van der Waals surface area contributed by atoms with Gasteiger partial charge in [0.25, 0.3) is 5.56 Å². The number of nitrogens with zero attached hydrogens (tertiary/aromatic N) is 6. The molecule has 3 aromatic rings. The van der Waals surface area contributed by atoms with Gasteiger partial charge in [0, 0.05) is 65.4 Å². The van der Waals surface area contributed by atoms with E-state index in [1.807, 2.05) is 43.3 Å². The molecule has 0 spiro atoms. The van der Waals surface area contributed by atoms with Crippen molar-refractivity contribution in [1.29, 1.82) is 0 Å². The van der Waals surface area contributed by atoms with E-state index in [-0.39, 0.29) is 10.6 Å². The van der Waals surface area contributed by atoms with Crippen molar-refractivity contribution in [2.75, 3.05) is 95.6 Å². The van der Waals surface area contributed by atoms with Gasteiger partial charge in [-0.3, -0.25) is 14.6 Å². The summed E-state index contributed by atoms with van der Waals surface area (Å²) in [5, 5.41) is 4.74. The summed E-state index contributed by atoms with van der Waals surface area (Å²) in [6.45, 7) is 12.9. The standard InChI is InChI=1S/C33H45ClN6O4/c1-3-43-29-11-5-4-10-27(29)38-20-16-36(17-21-38)14-8-9-15-40-33(41)32(34)28(26-35-40)39-22-18-37(19-23-39)24-25-44-31-13-7-6-12-30(31)42-2/h4-7,10-13,26H,3,8-9,14-25H2,1-2H3. The first-order valence-corrected chi connectivity index (χ1v) is 16.1. The van der Waals surface area contributed by atoms with Crippen LogP contribution in [0.15, 0.2) is 59.5 Å². The number of aromatic nitrogens is 2. The second-order valence-corrected chi connectivity index (χ2v) is 11.5. The van der Waals surface area contributed by atoms with E-state index in [1.165, 1.54) is 10.4 Å². The maximum Gasteiger partial charge on any atom is 0.287 e. The number of ether oxygens (including phenoxy) is 3. The SMILES string of the molecule is CCOc1ccccc1N1CCN(CCCCn2ncc(N3CCN(CCOc4ccccc4OC)CC3)c(Cl)c2=O)CC1. The van der Waals surface area contributed by atoms with Crippen LogP contribution in [0, 0.1) is 0 Å². The first-order chi connectivity index (χ1) is 21.6. The maximum absolute atomic E-state index is 13.0. The van der Waals surface area contributed by atoms with E-state index in [0.717, 1.165) is 101 Å². The van der Waals surface area contributed by atoms with Crippen molar-refractivity contribution in [2.24, 2.45) is 0 Å². The normalized spacial score (nSPS) is 16.2. The molecule has 0 unspecified atom stereocenters. The smallest absolute Gasteiger partial charge is 0.287 e. The number of unbranched alkanes of at least 4 members (excludes halogenated alkanes) is 1. The Labute approximate surface area is 265 Å². The minimum absolute atomic E-state index is 0.210. The topological polar surface area (TPSA) is 75.5 Å². The van der Waals surface area contributed by atoms with Crippen LogP contribution in [0.1, 0.15) is 19.8 Å². The molecule has 5 rings (SSSR count). The fraction of sp³-hybridized carbons (Fsp3) is 0.515. The molecule has 2 aliphatic rings. The highest BCUT2D eigenvalue weighted by molar-refractivity contribution is 6.33. The molecule has 2 fully saturated rings. The van der Waals surface area contributed by atoms with Crippen molar-refractivity contribution in [2.45, 2.75) is 26.3 Å². The fourth-order valence-electron chi connectivity index (χ4n) is 5.88. The molecule has 0 aliphatic carbocycles. The van der Waals surface area contributed by atoms with E-state index >= 15 is 0 Å². The van der Waals surface area contributed by atoms with Gasteiger partial charge >= 0.3 is 0 Å². The van der Waals surface area contributed by atoms with Gasteiger partial charge in [-0.1, -0.05) is 35.9 Å². The molecule has 2 aromatic carbocycles. The Bertz CT molecular complexity index is 1390. The molecule has 0 N–H and O–H groups in total. The van der Waals surface area contributed by atoms with E-state index in [1.54, 1.807) is 13.3 Å². The Morgan fingerprint density at radius 1 is 0.727 bits per heavy atom. The lowest BCUT2D eigenvalue weighted by Crippen LogP contribution is -2.48. The minimum Gasteiger partial charge on any atom is -0.493 e. The summed E-state index contributed by atoms with van der Waals surface area (Å²) in [4.78, 5) is 22.5. The summed E-state index contributed by atoms with van der Waals surface area (Å²) in [5.41, 5.74) is 1.69. The summed E-state index contributed by atoms with van der Waals surface area (Å²) < 4.78 is 18.6. The lowest BCUT2D eigenvalue weighted by atomic mass is 10.2. The number of para-hydroxylation sites is 4. The maximum atomic E-state index is 13.0. The lowest BCUT2D eigenvalue weighted by Gasteiger charge is -2.36. The molecule has 0 radical (unpaired) electrons. The molecule has 1 aromatic heterocycles. The van der Waals surface area contributed by atoms with E-state index < -0.39 is 0 Å². The molecule has 0 amide bonds. The number of methoxy groups -OCH3 is 1. The first kappa shape index (κ1) is 31.9. The number of piperazine rings is 2. The average molecular weight is 625 g/mol. The molecule has 2 aliphatic heterocycles. The number of benzene rings is 2. The number of rotatable bonds is 14. The Morgan fingerprint density at radius 3 is 2.00 bits per heavy atom. The molecule has 0 saturated carbocycles. The van der Waals surface area contributed by atoms with Crippen molar-refractivity contribution in [3.05, 3.63) is 70.1 Å². The number of halogens is 1. The third-order valence-electron chi connectivity index (χ3n) is 8.39. The van der Waals surface area contributed by atoms with Crippen LogP contribution in [0.4, 0.5) is 11.4 Å². The number of anilines is 2. The number of hydrogen-bond donors (Lipinski definition) is 0. The lowest BCUT2D eigenvalue weighted by molar-refractivity contribution is 0.197. The summed E-state index contributed by atoms with van der Waals surface area (Å²) in [5.74, 6) is 2.45. The molecule has 238 valence electrons. The van der Waals surface area contributed by atoms with Crippen LogP contribution in [0.3, 0.4) is 0 Å². The third kappa shape index (κ3) is 8.16. The Balaban J connectivity index is 1.02.